The van der Waals surface area contributed by atoms with Crippen LogP contribution in [0.1, 0.15) is 36.4 Å². The van der Waals surface area contributed by atoms with Gasteiger partial charge in [-0.2, -0.15) is 13.2 Å². The predicted octanol–water partition coefficient (Wildman–Crippen LogP) is 5.54. The van der Waals surface area contributed by atoms with E-state index in [1.165, 1.54) is 23.2 Å². The number of amides is 2. The molecule has 0 saturated carbocycles. The Bertz CT molecular complexity index is 1530. The third-order valence-electron chi connectivity index (χ3n) is 7.86. The average Bonchev–Trinajstić information content (AvgIpc) is 3.47. The van der Waals surface area contributed by atoms with Gasteiger partial charge in [0, 0.05) is 54.8 Å². The van der Waals surface area contributed by atoms with Crippen molar-refractivity contribution in [3.05, 3.63) is 75.0 Å². The number of alkyl halides is 3. The second-order valence-electron chi connectivity index (χ2n) is 10.6. The number of nitrogens with one attached hydrogen (secondary N) is 2. The first-order valence-corrected chi connectivity index (χ1v) is 13.6. The van der Waals surface area contributed by atoms with Crippen LogP contribution in [0.2, 0.25) is 5.02 Å². The van der Waals surface area contributed by atoms with Crippen LogP contribution in [0.5, 0.6) is 5.88 Å². The fourth-order valence-electron chi connectivity index (χ4n) is 6.08. The van der Waals surface area contributed by atoms with Crippen molar-refractivity contribution in [3.63, 3.8) is 0 Å². The van der Waals surface area contributed by atoms with E-state index in [0.717, 1.165) is 24.0 Å². The van der Waals surface area contributed by atoms with E-state index >= 15 is 4.39 Å². The number of likely N-dealkylation sites (tertiary alicyclic amines) is 1. The first-order chi connectivity index (χ1) is 19.5. The Balaban J connectivity index is 1.12. The largest absolute Gasteiger partial charge is 0.473 e. The van der Waals surface area contributed by atoms with Crippen LogP contribution in [0.4, 0.5) is 28.0 Å². The molecule has 2 N–H and O–H groups in total. The number of rotatable bonds is 5. The lowest BCUT2D eigenvalue weighted by atomic mass is 9.95. The van der Waals surface area contributed by atoms with Crippen molar-refractivity contribution >= 4 is 23.3 Å². The quantitative estimate of drug-likeness (QED) is 0.380. The normalized spacial score (nSPS) is 22.1. The monoisotopic (exact) mass is 591 g/mol. The van der Waals surface area contributed by atoms with E-state index in [2.05, 4.69) is 15.3 Å². The van der Waals surface area contributed by atoms with Gasteiger partial charge in [-0.15, -0.1) is 0 Å². The highest BCUT2D eigenvalue weighted by atomic mass is 35.5. The van der Waals surface area contributed by atoms with Crippen LogP contribution < -0.4 is 15.6 Å². The molecule has 5 heterocycles. The summed E-state index contributed by atoms with van der Waals surface area (Å²) in [4.78, 5) is 34.9. The molecule has 216 valence electrons. The highest BCUT2D eigenvalue weighted by Gasteiger charge is 2.43. The third-order valence-corrected chi connectivity index (χ3v) is 8.18. The molecule has 2 aromatic heterocycles. The summed E-state index contributed by atoms with van der Waals surface area (Å²) < 4.78 is 58.8. The van der Waals surface area contributed by atoms with E-state index in [0.29, 0.717) is 24.0 Å². The summed E-state index contributed by atoms with van der Waals surface area (Å²) in [6, 6.07) is 6.59. The van der Waals surface area contributed by atoms with Gasteiger partial charge >= 0.3 is 12.2 Å². The maximum atomic E-state index is 15.2. The molecule has 0 spiro atoms. The number of hydrogen-bond donors (Lipinski definition) is 2. The topological polar surface area (TPSA) is 90.6 Å². The SMILES string of the molecule is O=C(Nc1cc(Cl)c(-c2ccc(OC3CCN(CC(F)(F)F)C3)nc2)cc1F)N1C2CCC1c1c[nH]c(=O)cc1C2. The molecular formula is C28H26ClF4N5O3. The molecule has 13 heteroatoms. The minimum Gasteiger partial charge on any atom is -0.473 e. The summed E-state index contributed by atoms with van der Waals surface area (Å²) in [6.45, 7) is -0.541. The summed E-state index contributed by atoms with van der Waals surface area (Å²) in [5.41, 5.74) is 2.45. The van der Waals surface area contributed by atoms with Gasteiger partial charge in [-0.25, -0.2) is 14.2 Å². The zero-order chi connectivity index (χ0) is 28.9. The van der Waals surface area contributed by atoms with Crippen LogP contribution in [0.3, 0.4) is 0 Å². The number of ether oxygens (including phenoxy) is 1. The van der Waals surface area contributed by atoms with Gasteiger partial charge in [0.2, 0.25) is 11.4 Å². The lowest BCUT2D eigenvalue weighted by Crippen LogP contribution is -2.44. The zero-order valence-corrected chi connectivity index (χ0v) is 22.4. The van der Waals surface area contributed by atoms with Crippen molar-refractivity contribution in [2.24, 2.45) is 0 Å². The Hall–Kier alpha value is -3.64. The molecule has 3 atom stereocenters. The number of carbonyl (C=O) groups excluding carboxylic acids is 1. The van der Waals surface area contributed by atoms with Crippen molar-refractivity contribution in [2.75, 3.05) is 25.0 Å². The van der Waals surface area contributed by atoms with Gasteiger partial charge in [-0.3, -0.25) is 9.69 Å². The second-order valence-corrected chi connectivity index (χ2v) is 11.0. The highest BCUT2D eigenvalue weighted by Crippen LogP contribution is 2.43. The fraction of sp³-hybridized carbons (Fsp3) is 0.393. The number of carbonyl (C=O) groups is 1. The van der Waals surface area contributed by atoms with E-state index in [1.54, 1.807) is 29.3 Å². The molecule has 41 heavy (non-hydrogen) atoms. The van der Waals surface area contributed by atoms with Crippen LogP contribution in [-0.2, 0) is 6.42 Å². The van der Waals surface area contributed by atoms with E-state index in [1.807, 2.05) is 0 Å². The summed E-state index contributed by atoms with van der Waals surface area (Å²) in [7, 11) is 0. The molecule has 0 aliphatic carbocycles. The molecule has 0 radical (unpaired) electrons. The molecule has 3 aliphatic rings. The maximum absolute atomic E-state index is 15.2. The van der Waals surface area contributed by atoms with Crippen molar-refractivity contribution in [3.8, 4) is 17.0 Å². The first kappa shape index (κ1) is 27.5. The molecule has 3 aromatic rings. The number of nitrogens with zero attached hydrogens (tertiary/aromatic N) is 3. The minimum atomic E-state index is -4.26. The van der Waals surface area contributed by atoms with Crippen molar-refractivity contribution < 1.29 is 27.1 Å². The van der Waals surface area contributed by atoms with Crippen LogP contribution in [0.15, 0.2) is 47.5 Å². The van der Waals surface area contributed by atoms with Crippen molar-refractivity contribution in [2.45, 2.75) is 50.0 Å². The number of aromatic nitrogens is 2. The first-order valence-electron chi connectivity index (χ1n) is 13.3. The number of benzene rings is 1. The maximum Gasteiger partial charge on any atom is 0.401 e. The predicted molar refractivity (Wildman–Crippen MR) is 144 cm³/mol. The van der Waals surface area contributed by atoms with Gasteiger partial charge < -0.3 is 19.9 Å². The summed E-state index contributed by atoms with van der Waals surface area (Å²) in [5, 5.41) is 2.85. The molecule has 1 aromatic carbocycles. The minimum absolute atomic E-state index is 0.0621. The Morgan fingerprint density at radius 1 is 1.20 bits per heavy atom. The number of fused-ring (bicyclic) bond motifs is 4. The molecule has 3 unspecified atom stereocenters. The Labute approximate surface area is 237 Å². The molecule has 2 saturated heterocycles. The Morgan fingerprint density at radius 2 is 2.02 bits per heavy atom. The van der Waals surface area contributed by atoms with E-state index in [4.69, 9.17) is 16.3 Å². The number of pyridine rings is 2. The number of hydrogen-bond acceptors (Lipinski definition) is 5. The van der Waals surface area contributed by atoms with E-state index in [-0.39, 0.29) is 47.3 Å². The van der Waals surface area contributed by atoms with E-state index < -0.39 is 30.7 Å². The van der Waals surface area contributed by atoms with Crippen LogP contribution >= 0.6 is 11.6 Å². The molecule has 2 bridgehead atoms. The Kier molecular flexibility index (Phi) is 7.14. The van der Waals surface area contributed by atoms with Crippen LogP contribution in [0.25, 0.3) is 11.1 Å². The third kappa shape index (κ3) is 5.76. The van der Waals surface area contributed by atoms with Crippen molar-refractivity contribution in [1.82, 2.24) is 19.8 Å². The Morgan fingerprint density at radius 3 is 2.78 bits per heavy atom. The number of H-pyrrole nitrogens is 1. The molecule has 6 rings (SSSR count). The summed E-state index contributed by atoms with van der Waals surface area (Å²) >= 11 is 6.48. The average molecular weight is 592 g/mol. The second kappa shape index (κ2) is 10.6. The van der Waals surface area contributed by atoms with Crippen LogP contribution in [0, 0.1) is 5.82 Å². The smallest absolute Gasteiger partial charge is 0.401 e. The lowest BCUT2D eigenvalue weighted by molar-refractivity contribution is -0.144. The molecule has 2 amide bonds. The summed E-state index contributed by atoms with van der Waals surface area (Å²) in [5.74, 6) is -0.433. The highest BCUT2D eigenvalue weighted by molar-refractivity contribution is 6.33. The van der Waals surface area contributed by atoms with Gasteiger partial charge in [0.1, 0.15) is 11.9 Å². The van der Waals surface area contributed by atoms with Gasteiger partial charge in [0.05, 0.1) is 23.3 Å². The number of aromatic amines is 1. The summed E-state index contributed by atoms with van der Waals surface area (Å²) in [6.07, 6.45) is 0.968. The van der Waals surface area contributed by atoms with E-state index in [9.17, 15) is 22.8 Å². The molecule has 8 nitrogen and oxygen atoms in total. The number of halogens is 5. The number of urea groups is 1. The van der Waals surface area contributed by atoms with Gasteiger partial charge in [0.25, 0.3) is 0 Å². The number of anilines is 1. The lowest BCUT2D eigenvalue weighted by Gasteiger charge is -2.36. The van der Waals surface area contributed by atoms with Gasteiger partial charge in [0.15, 0.2) is 0 Å². The van der Waals surface area contributed by atoms with Gasteiger partial charge in [-0.1, -0.05) is 11.6 Å². The van der Waals surface area contributed by atoms with Crippen LogP contribution in [-0.4, -0.2) is 63.8 Å². The standard InChI is InChI=1S/C28H26ClF4N5O3/c29-21-10-23(36-27(40)38-17-2-3-24(38)20-12-34-25(39)8-16(20)7-17)22(30)9-19(21)15-1-4-26(35-11-15)41-18-5-6-37(13-18)14-28(31,32)33/h1,4,8-12,17-18,24H,2-3,5-7,13-14H2,(H,34,39)(H,36,40). The van der Waals surface area contributed by atoms with Gasteiger partial charge in [-0.05, 0) is 55.0 Å². The molecular weight excluding hydrogens is 566 g/mol. The molecule has 3 aliphatic heterocycles. The molecule has 2 fully saturated rings. The zero-order valence-electron chi connectivity index (χ0n) is 21.7. The van der Waals surface area contributed by atoms with Crippen molar-refractivity contribution in [1.29, 1.82) is 0 Å². The fourth-order valence-corrected chi connectivity index (χ4v) is 6.35.